The van der Waals surface area contributed by atoms with Crippen LogP contribution in [0.4, 0.5) is 11.5 Å². The van der Waals surface area contributed by atoms with Gasteiger partial charge in [-0.1, -0.05) is 25.1 Å². The molecule has 0 aliphatic carbocycles. The maximum Gasteiger partial charge on any atom is 0.269 e. The summed E-state index contributed by atoms with van der Waals surface area (Å²) < 4.78 is 28.5. The molecule has 0 atom stereocenters. The second-order valence-corrected chi connectivity index (χ2v) is 6.48. The van der Waals surface area contributed by atoms with Gasteiger partial charge >= 0.3 is 0 Å². The number of nitrogens with zero attached hydrogens (tertiary/aromatic N) is 3. The summed E-state index contributed by atoms with van der Waals surface area (Å²) in [5.74, 6) is 0.0397. The van der Waals surface area contributed by atoms with E-state index in [1.54, 1.807) is 35.9 Å². The number of aryl methyl sites for hydroxylation is 1. The number of hydrogen-bond donors (Lipinski definition) is 1. The minimum Gasteiger partial charge on any atom is -0.381 e. The second kappa shape index (κ2) is 6.17. The van der Waals surface area contributed by atoms with Crippen LogP contribution in [0.2, 0.25) is 0 Å². The number of para-hydroxylation sites is 1. The first kappa shape index (κ1) is 15.4. The number of sulfonamides is 1. The van der Waals surface area contributed by atoms with Crippen molar-refractivity contribution in [2.75, 3.05) is 16.6 Å². The fourth-order valence-electron chi connectivity index (χ4n) is 2.16. The van der Waals surface area contributed by atoms with Crippen molar-refractivity contribution < 1.29 is 8.42 Å². The van der Waals surface area contributed by atoms with Crippen LogP contribution in [0.25, 0.3) is 0 Å². The van der Waals surface area contributed by atoms with E-state index in [1.165, 1.54) is 10.5 Å². The Morgan fingerprint density at radius 1 is 1.24 bits per heavy atom. The van der Waals surface area contributed by atoms with Gasteiger partial charge in [-0.2, -0.15) is 5.10 Å². The lowest BCUT2D eigenvalue weighted by Crippen LogP contribution is -2.31. The molecule has 0 spiro atoms. The van der Waals surface area contributed by atoms with Gasteiger partial charge in [-0.05, 0) is 25.5 Å². The maximum atomic E-state index is 12.8. The SMILES string of the molecule is CCCn1cc(S(=O)(=O)N(CC)c2ccccc2)c(N)n1. The predicted octanol–water partition coefficient (Wildman–Crippen LogP) is 2.09. The number of hydrogen-bond acceptors (Lipinski definition) is 4. The van der Waals surface area contributed by atoms with Gasteiger partial charge < -0.3 is 5.73 Å². The van der Waals surface area contributed by atoms with E-state index in [2.05, 4.69) is 5.10 Å². The highest BCUT2D eigenvalue weighted by Crippen LogP contribution is 2.26. The molecule has 2 aromatic rings. The first-order chi connectivity index (χ1) is 10.0. The number of benzene rings is 1. The normalized spacial score (nSPS) is 11.5. The van der Waals surface area contributed by atoms with Crippen molar-refractivity contribution >= 4 is 21.5 Å². The van der Waals surface area contributed by atoms with Gasteiger partial charge in [0.05, 0.1) is 5.69 Å². The minimum absolute atomic E-state index is 0.0397. The molecule has 0 bridgehead atoms. The Hall–Kier alpha value is -2.02. The van der Waals surface area contributed by atoms with E-state index in [1.807, 2.05) is 13.0 Å². The molecule has 0 amide bonds. The van der Waals surface area contributed by atoms with Crippen LogP contribution in [-0.4, -0.2) is 24.7 Å². The topological polar surface area (TPSA) is 81.2 Å². The molecule has 6 nitrogen and oxygen atoms in total. The third-order valence-corrected chi connectivity index (χ3v) is 5.03. The minimum atomic E-state index is -3.71. The van der Waals surface area contributed by atoms with Crippen LogP contribution in [0.15, 0.2) is 41.4 Å². The molecule has 2 N–H and O–H groups in total. The molecular weight excluding hydrogens is 288 g/mol. The zero-order valence-electron chi connectivity index (χ0n) is 12.2. The van der Waals surface area contributed by atoms with Gasteiger partial charge in [-0.15, -0.1) is 0 Å². The smallest absolute Gasteiger partial charge is 0.269 e. The standard InChI is InChI=1S/C14H20N4O2S/c1-3-10-17-11-13(14(15)16-17)21(19,20)18(4-2)12-8-6-5-7-9-12/h5-9,11H,3-4,10H2,1-2H3,(H2,15,16). The van der Waals surface area contributed by atoms with Crippen molar-refractivity contribution in [1.29, 1.82) is 0 Å². The molecule has 0 fully saturated rings. The molecule has 1 aromatic heterocycles. The summed E-state index contributed by atoms with van der Waals surface area (Å²) in [6.07, 6.45) is 2.36. The average Bonchev–Trinajstić information content (AvgIpc) is 2.82. The lowest BCUT2D eigenvalue weighted by Gasteiger charge is -2.22. The molecule has 7 heteroatoms. The van der Waals surface area contributed by atoms with Gasteiger partial charge in [-0.25, -0.2) is 8.42 Å². The molecule has 0 saturated heterocycles. The van der Waals surface area contributed by atoms with Gasteiger partial charge in [0.25, 0.3) is 10.0 Å². The van der Waals surface area contributed by atoms with Gasteiger partial charge in [0.2, 0.25) is 0 Å². The summed E-state index contributed by atoms with van der Waals surface area (Å²) in [4.78, 5) is 0.0571. The van der Waals surface area contributed by atoms with Crippen molar-refractivity contribution in [3.05, 3.63) is 36.5 Å². The lowest BCUT2D eigenvalue weighted by molar-refractivity contribution is 0.588. The van der Waals surface area contributed by atoms with Crippen LogP contribution in [-0.2, 0) is 16.6 Å². The Morgan fingerprint density at radius 3 is 2.48 bits per heavy atom. The molecule has 0 aliphatic heterocycles. The average molecular weight is 308 g/mol. The van der Waals surface area contributed by atoms with Crippen LogP contribution < -0.4 is 10.0 Å². The van der Waals surface area contributed by atoms with Gasteiger partial charge in [-0.3, -0.25) is 8.99 Å². The van der Waals surface area contributed by atoms with Gasteiger partial charge in [0, 0.05) is 19.3 Å². The second-order valence-electron chi connectivity index (χ2n) is 4.65. The fraction of sp³-hybridized carbons (Fsp3) is 0.357. The molecule has 21 heavy (non-hydrogen) atoms. The highest BCUT2D eigenvalue weighted by molar-refractivity contribution is 7.93. The number of nitrogens with two attached hydrogens (primary N) is 1. The Morgan fingerprint density at radius 2 is 1.90 bits per heavy atom. The van der Waals surface area contributed by atoms with Crippen molar-refractivity contribution in [2.45, 2.75) is 31.7 Å². The first-order valence-electron chi connectivity index (χ1n) is 6.91. The Kier molecular flexibility index (Phi) is 4.52. The first-order valence-corrected chi connectivity index (χ1v) is 8.35. The molecule has 0 saturated carbocycles. The Bertz CT molecular complexity index is 695. The third kappa shape index (κ3) is 3.02. The van der Waals surface area contributed by atoms with E-state index in [4.69, 9.17) is 5.73 Å². The highest BCUT2D eigenvalue weighted by Gasteiger charge is 2.28. The van der Waals surface area contributed by atoms with Crippen LogP contribution in [0, 0.1) is 0 Å². The summed E-state index contributed by atoms with van der Waals surface area (Å²) in [6.45, 7) is 4.74. The largest absolute Gasteiger partial charge is 0.381 e. The molecule has 0 radical (unpaired) electrons. The number of rotatable bonds is 6. The molecule has 114 valence electrons. The van der Waals surface area contributed by atoms with Gasteiger partial charge in [0.1, 0.15) is 4.90 Å². The Balaban J connectivity index is 2.45. The quantitative estimate of drug-likeness (QED) is 0.886. The highest BCUT2D eigenvalue weighted by atomic mass is 32.2. The van der Waals surface area contributed by atoms with Gasteiger partial charge in [0.15, 0.2) is 5.82 Å². The molecule has 2 rings (SSSR count). The molecule has 1 heterocycles. The van der Waals surface area contributed by atoms with E-state index in [0.29, 0.717) is 18.8 Å². The monoisotopic (exact) mass is 308 g/mol. The number of anilines is 2. The third-order valence-electron chi connectivity index (χ3n) is 3.11. The molecular formula is C14H20N4O2S. The van der Waals surface area contributed by atoms with E-state index >= 15 is 0 Å². The maximum absolute atomic E-state index is 12.8. The lowest BCUT2D eigenvalue weighted by atomic mass is 10.3. The summed E-state index contributed by atoms with van der Waals surface area (Å²) in [5, 5.41) is 4.07. The van der Waals surface area contributed by atoms with Crippen molar-refractivity contribution in [2.24, 2.45) is 0 Å². The van der Waals surface area contributed by atoms with Crippen LogP contribution in [0.5, 0.6) is 0 Å². The predicted molar refractivity (Wildman–Crippen MR) is 83.6 cm³/mol. The zero-order valence-corrected chi connectivity index (χ0v) is 13.0. The van der Waals surface area contributed by atoms with Crippen molar-refractivity contribution in [3.63, 3.8) is 0 Å². The number of aromatic nitrogens is 2. The summed E-state index contributed by atoms with van der Waals surface area (Å²) >= 11 is 0. The fourth-order valence-corrected chi connectivity index (χ4v) is 3.70. The van der Waals surface area contributed by atoms with Crippen molar-refractivity contribution in [1.82, 2.24) is 9.78 Å². The summed E-state index contributed by atoms with van der Waals surface area (Å²) in [5.41, 5.74) is 6.40. The summed E-state index contributed by atoms with van der Waals surface area (Å²) in [6, 6.07) is 8.97. The van der Waals surface area contributed by atoms with Crippen LogP contribution in [0.1, 0.15) is 20.3 Å². The van der Waals surface area contributed by atoms with Crippen LogP contribution in [0.3, 0.4) is 0 Å². The number of nitrogen functional groups attached to an aromatic ring is 1. The van der Waals surface area contributed by atoms with E-state index in [9.17, 15) is 8.42 Å². The summed E-state index contributed by atoms with van der Waals surface area (Å²) in [7, 11) is -3.71. The van der Waals surface area contributed by atoms with Crippen LogP contribution >= 0.6 is 0 Å². The van der Waals surface area contributed by atoms with E-state index < -0.39 is 10.0 Å². The molecule has 1 aromatic carbocycles. The van der Waals surface area contributed by atoms with E-state index in [-0.39, 0.29) is 10.7 Å². The Labute approximate surface area is 125 Å². The van der Waals surface area contributed by atoms with Crippen molar-refractivity contribution in [3.8, 4) is 0 Å². The molecule has 0 aliphatic rings. The molecule has 0 unspecified atom stereocenters. The zero-order chi connectivity index (χ0) is 15.5. The van der Waals surface area contributed by atoms with E-state index in [0.717, 1.165) is 6.42 Å².